The Morgan fingerprint density at radius 1 is 0.929 bits per heavy atom. The van der Waals surface area contributed by atoms with E-state index in [1.807, 2.05) is 0 Å². The van der Waals surface area contributed by atoms with Crippen molar-refractivity contribution < 1.29 is 0 Å². The molecule has 0 atom stereocenters. The van der Waals surface area contributed by atoms with Crippen molar-refractivity contribution in [2.75, 3.05) is 0 Å². The first-order chi connectivity index (χ1) is 6.73. The standard InChI is InChI=1S/C14H22/c1-4-11-14(3,12-5-2)13-9-7-6-8-10-13/h6-10H,4-5,11-12H2,1-3H3. The van der Waals surface area contributed by atoms with E-state index in [4.69, 9.17) is 0 Å². The predicted molar refractivity (Wildman–Crippen MR) is 63.6 cm³/mol. The number of benzene rings is 1. The Morgan fingerprint density at radius 3 is 1.86 bits per heavy atom. The lowest BCUT2D eigenvalue weighted by Crippen LogP contribution is -2.21. The maximum absolute atomic E-state index is 2.40. The Labute approximate surface area is 88.4 Å². The molecule has 0 spiro atoms. The average Bonchev–Trinajstić information content (AvgIpc) is 2.20. The fourth-order valence-electron chi connectivity index (χ4n) is 2.36. The first kappa shape index (κ1) is 11.3. The quantitative estimate of drug-likeness (QED) is 0.639. The van der Waals surface area contributed by atoms with E-state index in [1.165, 1.54) is 31.2 Å². The Balaban J connectivity index is 2.87. The highest BCUT2D eigenvalue weighted by Gasteiger charge is 2.23. The van der Waals surface area contributed by atoms with Gasteiger partial charge in [0.2, 0.25) is 0 Å². The van der Waals surface area contributed by atoms with Gasteiger partial charge in [-0.05, 0) is 23.8 Å². The molecule has 0 heteroatoms. The lowest BCUT2D eigenvalue weighted by Gasteiger charge is -2.29. The fraction of sp³-hybridized carbons (Fsp3) is 0.571. The van der Waals surface area contributed by atoms with Gasteiger partial charge in [0.1, 0.15) is 0 Å². The van der Waals surface area contributed by atoms with Crippen molar-refractivity contribution in [1.29, 1.82) is 0 Å². The summed E-state index contributed by atoms with van der Waals surface area (Å²) in [7, 11) is 0. The van der Waals surface area contributed by atoms with Crippen LogP contribution in [0, 0.1) is 0 Å². The highest BCUT2D eigenvalue weighted by Crippen LogP contribution is 2.33. The van der Waals surface area contributed by atoms with E-state index in [2.05, 4.69) is 51.1 Å². The molecule has 0 radical (unpaired) electrons. The molecule has 0 aromatic heterocycles. The third kappa shape index (κ3) is 2.60. The Hall–Kier alpha value is -0.780. The molecule has 0 unspecified atom stereocenters. The maximum atomic E-state index is 2.40. The Morgan fingerprint density at radius 2 is 1.43 bits per heavy atom. The van der Waals surface area contributed by atoms with Gasteiger partial charge in [-0.3, -0.25) is 0 Å². The SMILES string of the molecule is CCCC(C)(CCC)c1ccccc1. The normalized spacial score (nSPS) is 11.6. The van der Waals surface area contributed by atoms with Gasteiger partial charge in [0.25, 0.3) is 0 Å². The zero-order chi connectivity index (χ0) is 10.4. The van der Waals surface area contributed by atoms with Gasteiger partial charge in [-0.2, -0.15) is 0 Å². The number of rotatable bonds is 5. The maximum Gasteiger partial charge on any atom is -0.00755 e. The second kappa shape index (κ2) is 5.19. The van der Waals surface area contributed by atoms with Crippen LogP contribution in [0.5, 0.6) is 0 Å². The molecular formula is C14H22. The summed E-state index contributed by atoms with van der Waals surface area (Å²) in [6.07, 6.45) is 5.13. The molecule has 0 saturated carbocycles. The molecule has 0 aliphatic rings. The van der Waals surface area contributed by atoms with Crippen LogP contribution in [-0.2, 0) is 5.41 Å². The molecule has 0 bridgehead atoms. The van der Waals surface area contributed by atoms with Gasteiger partial charge in [0, 0.05) is 0 Å². The van der Waals surface area contributed by atoms with Crippen LogP contribution in [0.3, 0.4) is 0 Å². The van der Waals surface area contributed by atoms with Crippen molar-refractivity contribution in [3.05, 3.63) is 35.9 Å². The van der Waals surface area contributed by atoms with E-state index < -0.39 is 0 Å². The van der Waals surface area contributed by atoms with E-state index in [-0.39, 0.29) is 0 Å². The third-order valence-electron chi connectivity index (χ3n) is 3.07. The van der Waals surface area contributed by atoms with Gasteiger partial charge < -0.3 is 0 Å². The van der Waals surface area contributed by atoms with Crippen LogP contribution < -0.4 is 0 Å². The Bertz CT molecular complexity index is 242. The van der Waals surface area contributed by atoms with Crippen LogP contribution in [-0.4, -0.2) is 0 Å². The zero-order valence-corrected chi connectivity index (χ0v) is 9.72. The van der Waals surface area contributed by atoms with Crippen LogP contribution in [0.25, 0.3) is 0 Å². The summed E-state index contributed by atoms with van der Waals surface area (Å²) in [5, 5.41) is 0. The zero-order valence-electron chi connectivity index (χ0n) is 9.72. The van der Waals surface area contributed by atoms with E-state index in [9.17, 15) is 0 Å². The molecule has 0 fully saturated rings. The molecule has 78 valence electrons. The number of hydrogen-bond donors (Lipinski definition) is 0. The summed E-state index contributed by atoms with van der Waals surface area (Å²) in [4.78, 5) is 0. The summed E-state index contributed by atoms with van der Waals surface area (Å²) in [6, 6.07) is 10.9. The molecule has 14 heavy (non-hydrogen) atoms. The Kier molecular flexibility index (Phi) is 4.19. The molecule has 0 N–H and O–H groups in total. The van der Waals surface area contributed by atoms with Gasteiger partial charge in [-0.25, -0.2) is 0 Å². The third-order valence-corrected chi connectivity index (χ3v) is 3.07. The first-order valence-electron chi connectivity index (χ1n) is 5.78. The molecule has 0 heterocycles. The number of hydrogen-bond acceptors (Lipinski definition) is 0. The fourth-order valence-corrected chi connectivity index (χ4v) is 2.36. The van der Waals surface area contributed by atoms with Crippen molar-refractivity contribution >= 4 is 0 Å². The minimum Gasteiger partial charge on any atom is -0.0654 e. The largest absolute Gasteiger partial charge is 0.0654 e. The molecule has 0 aliphatic carbocycles. The topological polar surface area (TPSA) is 0 Å². The molecule has 1 aromatic rings. The summed E-state index contributed by atoms with van der Waals surface area (Å²) in [5.41, 5.74) is 1.90. The van der Waals surface area contributed by atoms with E-state index >= 15 is 0 Å². The molecule has 1 aromatic carbocycles. The lowest BCUT2D eigenvalue weighted by molar-refractivity contribution is 0.392. The summed E-state index contributed by atoms with van der Waals surface area (Å²) in [5.74, 6) is 0. The highest BCUT2D eigenvalue weighted by molar-refractivity contribution is 5.24. The molecule has 1 rings (SSSR count). The predicted octanol–water partition coefficient (Wildman–Crippen LogP) is 4.54. The van der Waals surface area contributed by atoms with Gasteiger partial charge >= 0.3 is 0 Å². The van der Waals surface area contributed by atoms with Crippen LogP contribution >= 0.6 is 0 Å². The first-order valence-corrected chi connectivity index (χ1v) is 5.78. The van der Waals surface area contributed by atoms with Gasteiger partial charge in [0.05, 0.1) is 0 Å². The molecule has 0 amide bonds. The average molecular weight is 190 g/mol. The summed E-state index contributed by atoms with van der Waals surface area (Å²) < 4.78 is 0. The molecule has 0 nitrogen and oxygen atoms in total. The minimum atomic E-state index is 0.394. The van der Waals surface area contributed by atoms with Crippen molar-refractivity contribution in [2.24, 2.45) is 0 Å². The smallest absolute Gasteiger partial charge is 0.00755 e. The lowest BCUT2D eigenvalue weighted by atomic mass is 9.75. The second-order valence-electron chi connectivity index (χ2n) is 4.43. The highest BCUT2D eigenvalue weighted by atomic mass is 14.3. The van der Waals surface area contributed by atoms with Crippen molar-refractivity contribution in [1.82, 2.24) is 0 Å². The summed E-state index contributed by atoms with van der Waals surface area (Å²) in [6.45, 7) is 6.95. The second-order valence-corrected chi connectivity index (χ2v) is 4.43. The molecular weight excluding hydrogens is 168 g/mol. The summed E-state index contributed by atoms with van der Waals surface area (Å²) >= 11 is 0. The molecule has 0 aliphatic heterocycles. The van der Waals surface area contributed by atoms with Crippen LogP contribution in [0.15, 0.2) is 30.3 Å². The van der Waals surface area contributed by atoms with Crippen molar-refractivity contribution in [2.45, 2.75) is 51.9 Å². The minimum absolute atomic E-state index is 0.394. The van der Waals surface area contributed by atoms with Gasteiger partial charge in [0.15, 0.2) is 0 Å². The van der Waals surface area contributed by atoms with Crippen molar-refractivity contribution in [3.8, 4) is 0 Å². The van der Waals surface area contributed by atoms with Crippen LogP contribution in [0.2, 0.25) is 0 Å². The van der Waals surface area contributed by atoms with E-state index in [0.29, 0.717) is 5.41 Å². The van der Waals surface area contributed by atoms with E-state index in [1.54, 1.807) is 0 Å². The van der Waals surface area contributed by atoms with Crippen LogP contribution in [0.4, 0.5) is 0 Å². The monoisotopic (exact) mass is 190 g/mol. The van der Waals surface area contributed by atoms with E-state index in [0.717, 1.165) is 0 Å². The van der Waals surface area contributed by atoms with Crippen LogP contribution in [0.1, 0.15) is 52.0 Å². The van der Waals surface area contributed by atoms with Crippen molar-refractivity contribution in [3.63, 3.8) is 0 Å². The molecule has 0 saturated heterocycles. The van der Waals surface area contributed by atoms with Gasteiger partial charge in [-0.15, -0.1) is 0 Å². The van der Waals surface area contributed by atoms with Gasteiger partial charge in [-0.1, -0.05) is 63.9 Å².